The second kappa shape index (κ2) is 10.4. The van der Waals surface area contributed by atoms with E-state index in [4.69, 9.17) is 0 Å². The van der Waals surface area contributed by atoms with Crippen LogP contribution in [0.5, 0.6) is 0 Å². The summed E-state index contributed by atoms with van der Waals surface area (Å²) >= 11 is 0. The number of hydrogen-bond donors (Lipinski definition) is 0. The molecule has 158 valence electrons. The lowest BCUT2D eigenvalue weighted by atomic mass is 9.75. The third-order valence-corrected chi connectivity index (χ3v) is 6.73. The van der Waals surface area contributed by atoms with Gasteiger partial charge in [0.25, 0.3) is 0 Å². The molecule has 0 spiro atoms. The van der Waals surface area contributed by atoms with E-state index in [0.29, 0.717) is 11.1 Å². The van der Waals surface area contributed by atoms with Crippen LogP contribution >= 0.6 is 0 Å². The fraction of sp³-hybridized carbons (Fsp3) is 0.556. The van der Waals surface area contributed by atoms with Gasteiger partial charge in [0.1, 0.15) is 0 Å². The van der Waals surface area contributed by atoms with E-state index in [1.165, 1.54) is 31.2 Å². The number of hydrogen-bond acceptors (Lipinski definition) is 0. The van der Waals surface area contributed by atoms with Crippen LogP contribution in [0.25, 0.3) is 11.1 Å². The van der Waals surface area contributed by atoms with E-state index in [1.54, 1.807) is 0 Å². The lowest BCUT2D eigenvalue weighted by molar-refractivity contribution is 0.297. The summed E-state index contributed by atoms with van der Waals surface area (Å²) < 4.78 is 30.2. The third-order valence-electron chi connectivity index (χ3n) is 6.73. The number of unbranched alkanes of at least 4 members (excludes halogenated alkanes) is 2. The van der Waals surface area contributed by atoms with Gasteiger partial charge in [-0.2, -0.15) is 0 Å². The molecule has 0 unspecified atom stereocenters. The van der Waals surface area contributed by atoms with Gasteiger partial charge in [-0.1, -0.05) is 70.2 Å². The minimum atomic E-state index is -0.682. The molecule has 0 radical (unpaired) electrons. The SMILES string of the molecule is CCCCCC1CCC(c2c(C)cc(-c3ccc(CCC)cc3)c(F)c2F)CC1. The first-order chi connectivity index (χ1) is 14.0. The van der Waals surface area contributed by atoms with Crippen molar-refractivity contribution >= 4 is 0 Å². The average molecular weight is 399 g/mol. The average Bonchev–Trinajstić information content (AvgIpc) is 2.73. The maximum absolute atomic E-state index is 15.2. The van der Waals surface area contributed by atoms with Crippen LogP contribution in [-0.2, 0) is 6.42 Å². The second-order valence-corrected chi connectivity index (χ2v) is 8.94. The van der Waals surface area contributed by atoms with Crippen molar-refractivity contribution in [1.82, 2.24) is 0 Å². The molecular formula is C27H36F2. The van der Waals surface area contributed by atoms with Gasteiger partial charge in [0, 0.05) is 5.56 Å². The molecule has 0 aliphatic heterocycles. The Morgan fingerprint density at radius 1 is 0.862 bits per heavy atom. The summed E-state index contributed by atoms with van der Waals surface area (Å²) in [6, 6.07) is 9.75. The third kappa shape index (κ3) is 5.27. The van der Waals surface area contributed by atoms with Gasteiger partial charge < -0.3 is 0 Å². The van der Waals surface area contributed by atoms with Gasteiger partial charge in [0.05, 0.1) is 0 Å². The van der Waals surface area contributed by atoms with Crippen LogP contribution in [0.2, 0.25) is 0 Å². The van der Waals surface area contributed by atoms with Gasteiger partial charge in [-0.25, -0.2) is 8.78 Å². The highest BCUT2D eigenvalue weighted by Crippen LogP contribution is 2.41. The molecule has 0 atom stereocenters. The molecule has 0 saturated heterocycles. The van der Waals surface area contributed by atoms with Gasteiger partial charge in [-0.05, 0) is 79.2 Å². The van der Waals surface area contributed by atoms with Crippen LogP contribution in [0.1, 0.15) is 94.2 Å². The predicted octanol–water partition coefficient (Wildman–Crippen LogP) is 8.75. The Morgan fingerprint density at radius 3 is 2.17 bits per heavy atom. The molecule has 0 bridgehead atoms. The maximum Gasteiger partial charge on any atom is 0.166 e. The molecular weight excluding hydrogens is 362 g/mol. The Bertz CT molecular complexity index is 783. The van der Waals surface area contributed by atoms with E-state index in [2.05, 4.69) is 13.8 Å². The zero-order chi connectivity index (χ0) is 20.8. The summed E-state index contributed by atoms with van der Waals surface area (Å²) in [6.45, 7) is 6.32. The summed E-state index contributed by atoms with van der Waals surface area (Å²) in [7, 11) is 0. The lowest BCUT2D eigenvalue weighted by Crippen LogP contribution is -2.16. The molecule has 29 heavy (non-hydrogen) atoms. The summed E-state index contributed by atoms with van der Waals surface area (Å²) in [5.41, 5.74) is 3.91. The molecule has 0 heterocycles. The standard InChI is InChI=1S/C27H36F2/c1-4-6-7-9-21-12-16-23(17-13-21)25-19(3)18-24(26(28)27(25)29)22-14-10-20(8-5-2)11-15-22/h10-11,14-15,18,21,23H,4-9,12-13,16-17H2,1-3H3. The Labute approximate surface area is 175 Å². The van der Waals surface area contributed by atoms with Crippen molar-refractivity contribution in [2.75, 3.05) is 0 Å². The van der Waals surface area contributed by atoms with Gasteiger partial charge in [0.15, 0.2) is 11.6 Å². The summed E-state index contributed by atoms with van der Waals surface area (Å²) in [5.74, 6) is -0.370. The van der Waals surface area contributed by atoms with E-state index in [-0.39, 0.29) is 5.92 Å². The first-order valence-electron chi connectivity index (χ1n) is 11.6. The van der Waals surface area contributed by atoms with Gasteiger partial charge in [-0.3, -0.25) is 0 Å². The van der Waals surface area contributed by atoms with E-state index in [1.807, 2.05) is 37.3 Å². The van der Waals surface area contributed by atoms with Crippen molar-refractivity contribution in [2.24, 2.45) is 5.92 Å². The van der Waals surface area contributed by atoms with Crippen molar-refractivity contribution in [3.05, 3.63) is 58.7 Å². The zero-order valence-corrected chi connectivity index (χ0v) is 18.4. The summed E-state index contributed by atoms with van der Waals surface area (Å²) in [4.78, 5) is 0. The first-order valence-corrected chi connectivity index (χ1v) is 11.6. The summed E-state index contributed by atoms with van der Waals surface area (Å²) in [5, 5.41) is 0. The minimum absolute atomic E-state index is 0.160. The molecule has 1 aliphatic rings. The monoisotopic (exact) mass is 398 g/mol. The Kier molecular flexibility index (Phi) is 7.86. The molecule has 2 aromatic rings. The molecule has 2 heteroatoms. The van der Waals surface area contributed by atoms with Gasteiger partial charge >= 0.3 is 0 Å². The van der Waals surface area contributed by atoms with Gasteiger partial charge in [-0.15, -0.1) is 0 Å². The van der Waals surface area contributed by atoms with Crippen LogP contribution in [0, 0.1) is 24.5 Å². The first kappa shape index (κ1) is 22.0. The Balaban J connectivity index is 1.76. The number of aryl methyl sites for hydroxylation is 2. The van der Waals surface area contributed by atoms with Crippen molar-refractivity contribution in [3.8, 4) is 11.1 Å². The molecule has 2 aromatic carbocycles. The molecule has 0 N–H and O–H groups in total. The lowest BCUT2D eigenvalue weighted by Gasteiger charge is -2.30. The van der Waals surface area contributed by atoms with E-state index >= 15 is 8.78 Å². The number of benzene rings is 2. The van der Waals surface area contributed by atoms with Crippen molar-refractivity contribution in [3.63, 3.8) is 0 Å². The highest BCUT2D eigenvalue weighted by atomic mass is 19.2. The Hall–Kier alpha value is -1.70. The quantitative estimate of drug-likeness (QED) is 0.390. The zero-order valence-electron chi connectivity index (χ0n) is 18.4. The fourth-order valence-electron chi connectivity index (χ4n) is 5.04. The fourth-order valence-corrected chi connectivity index (χ4v) is 5.04. The van der Waals surface area contributed by atoms with E-state index < -0.39 is 11.6 Å². The number of rotatable bonds is 8. The van der Waals surface area contributed by atoms with Crippen LogP contribution in [-0.4, -0.2) is 0 Å². The molecule has 1 aliphatic carbocycles. The van der Waals surface area contributed by atoms with Crippen LogP contribution < -0.4 is 0 Å². The summed E-state index contributed by atoms with van der Waals surface area (Å²) in [6.07, 6.45) is 11.5. The minimum Gasteiger partial charge on any atom is -0.203 e. The van der Waals surface area contributed by atoms with Crippen LogP contribution in [0.3, 0.4) is 0 Å². The normalized spacial score (nSPS) is 19.5. The smallest absolute Gasteiger partial charge is 0.166 e. The van der Waals surface area contributed by atoms with Crippen LogP contribution in [0.4, 0.5) is 8.78 Å². The molecule has 0 aromatic heterocycles. The van der Waals surface area contributed by atoms with Crippen molar-refractivity contribution < 1.29 is 8.78 Å². The molecule has 0 nitrogen and oxygen atoms in total. The maximum atomic E-state index is 15.2. The molecule has 3 rings (SSSR count). The predicted molar refractivity (Wildman–Crippen MR) is 119 cm³/mol. The molecule has 1 saturated carbocycles. The topological polar surface area (TPSA) is 0 Å². The van der Waals surface area contributed by atoms with E-state index in [9.17, 15) is 0 Å². The highest BCUT2D eigenvalue weighted by Gasteiger charge is 2.28. The molecule has 0 amide bonds. The van der Waals surface area contributed by atoms with Gasteiger partial charge in [0.2, 0.25) is 0 Å². The van der Waals surface area contributed by atoms with Crippen molar-refractivity contribution in [1.29, 1.82) is 0 Å². The largest absolute Gasteiger partial charge is 0.203 e. The Morgan fingerprint density at radius 2 is 1.55 bits per heavy atom. The second-order valence-electron chi connectivity index (χ2n) is 8.94. The highest BCUT2D eigenvalue weighted by molar-refractivity contribution is 5.66. The number of halogens is 2. The van der Waals surface area contributed by atoms with Crippen LogP contribution in [0.15, 0.2) is 30.3 Å². The van der Waals surface area contributed by atoms with E-state index in [0.717, 1.165) is 55.6 Å². The molecule has 1 fully saturated rings. The van der Waals surface area contributed by atoms with Crippen molar-refractivity contribution in [2.45, 2.75) is 90.9 Å².